The summed E-state index contributed by atoms with van der Waals surface area (Å²) in [6, 6.07) is 7.07. The number of ether oxygens (including phenoxy) is 1. The highest BCUT2D eigenvalue weighted by molar-refractivity contribution is 6.32. The maximum Gasteiger partial charge on any atom is 0.261 e. The molecule has 0 saturated carbocycles. The van der Waals surface area contributed by atoms with Gasteiger partial charge < -0.3 is 10.1 Å². The number of fused-ring (bicyclic) bond motifs is 1. The Hall–Kier alpha value is -1.86. The van der Waals surface area contributed by atoms with Gasteiger partial charge in [-0.1, -0.05) is 23.7 Å². The van der Waals surface area contributed by atoms with Crippen LogP contribution in [0.5, 0.6) is 0 Å². The molecule has 0 unspecified atom stereocenters. The number of anilines is 1. The number of rotatable bonds is 6. The molecule has 0 spiro atoms. The molecule has 2 rings (SSSR count). The van der Waals surface area contributed by atoms with Gasteiger partial charge in [-0.05, 0) is 12.1 Å². The highest BCUT2D eigenvalue weighted by Gasteiger charge is 2.10. The fourth-order valence-electron chi connectivity index (χ4n) is 1.59. The number of nitrogens with one attached hydrogen (secondary N) is 1. The van der Waals surface area contributed by atoms with Gasteiger partial charge >= 0.3 is 0 Å². The topological polar surface area (TPSA) is 64.1 Å². The van der Waals surface area contributed by atoms with Gasteiger partial charge in [-0.25, -0.2) is 18.7 Å². The SMILES string of the molecule is O=C(CCOCC(F)F)Nc1nc2ccccc2nc1Cl. The minimum Gasteiger partial charge on any atom is -0.375 e. The molecule has 112 valence electrons. The van der Waals surface area contributed by atoms with Crippen molar-refractivity contribution in [3.8, 4) is 0 Å². The Kier molecular flexibility index (Phi) is 5.35. The van der Waals surface area contributed by atoms with Crippen LogP contribution in [0.25, 0.3) is 11.0 Å². The summed E-state index contributed by atoms with van der Waals surface area (Å²) >= 11 is 5.93. The van der Waals surface area contributed by atoms with Crippen molar-refractivity contribution in [1.82, 2.24) is 9.97 Å². The van der Waals surface area contributed by atoms with Crippen molar-refractivity contribution in [1.29, 1.82) is 0 Å². The minimum atomic E-state index is -2.55. The van der Waals surface area contributed by atoms with Crippen LogP contribution in [-0.4, -0.2) is 35.5 Å². The number of carbonyl (C=O) groups is 1. The van der Waals surface area contributed by atoms with Gasteiger partial charge in [0.25, 0.3) is 6.43 Å². The summed E-state index contributed by atoms with van der Waals surface area (Å²) in [4.78, 5) is 19.9. The molecule has 1 aromatic carbocycles. The van der Waals surface area contributed by atoms with Crippen LogP contribution in [0, 0.1) is 0 Å². The molecule has 0 atom stereocenters. The van der Waals surface area contributed by atoms with Gasteiger partial charge in [-0.2, -0.15) is 0 Å². The molecule has 0 aliphatic rings. The number of benzene rings is 1. The minimum absolute atomic E-state index is 0.0653. The highest BCUT2D eigenvalue weighted by atomic mass is 35.5. The van der Waals surface area contributed by atoms with Crippen LogP contribution in [0.3, 0.4) is 0 Å². The van der Waals surface area contributed by atoms with E-state index in [0.29, 0.717) is 11.0 Å². The van der Waals surface area contributed by atoms with E-state index in [4.69, 9.17) is 11.6 Å². The first kappa shape index (κ1) is 15.5. The molecule has 21 heavy (non-hydrogen) atoms. The van der Waals surface area contributed by atoms with Gasteiger partial charge in [0.15, 0.2) is 11.0 Å². The van der Waals surface area contributed by atoms with Crippen LogP contribution >= 0.6 is 11.6 Å². The van der Waals surface area contributed by atoms with E-state index in [0.717, 1.165) is 0 Å². The van der Waals surface area contributed by atoms with Crippen LogP contribution in [0.4, 0.5) is 14.6 Å². The molecule has 0 bridgehead atoms. The number of para-hydroxylation sites is 2. The summed E-state index contributed by atoms with van der Waals surface area (Å²) in [5.41, 5.74) is 1.20. The summed E-state index contributed by atoms with van der Waals surface area (Å²) in [6.07, 6.45) is -2.62. The quantitative estimate of drug-likeness (QED) is 0.833. The van der Waals surface area contributed by atoms with Gasteiger partial charge in [0.05, 0.1) is 24.1 Å². The van der Waals surface area contributed by atoms with Crippen LogP contribution in [0.1, 0.15) is 6.42 Å². The molecular weight excluding hydrogens is 304 g/mol. The fraction of sp³-hybridized carbons (Fsp3) is 0.308. The molecule has 5 nitrogen and oxygen atoms in total. The van der Waals surface area contributed by atoms with Crippen molar-refractivity contribution < 1.29 is 18.3 Å². The van der Waals surface area contributed by atoms with E-state index in [1.165, 1.54) is 0 Å². The summed E-state index contributed by atoms with van der Waals surface area (Å²) in [5, 5.41) is 2.54. The summed E-state index contributed by atoms with van der Waals surface area (Å²) in [7, 11) is 0. The van der Waals surface area contributed by atoms with Crippen molar-refractivity contribution in [3.63, 3.8) is 0 Å². The Bertz CT molecular complexity index is 640. The van der Waals surface area contributed by atoms with Gasteiger partial charge in [-0.15, -0.1) is 0 Å². The van der Waals surface area contributed by atoms with Crippen molar-refractivity contribution in [2.45, 2.75) is 12.8 Å². The second-order valence-electron chi connectivity index (χ2n) is 4.12. The molecule has 8 heteroatoms. The van der Waals surface area contributed by atoms with Crippen LogP contribution in [-0.2, 0) is 9.53 Å². The Labute approximate surface area is 124 Å². The maximum atomic E-state index is 11.8. The second-order valence-corrected chi connectivity index (χ2v) is 4.47. The molecule has 0 fully saturated rings. The Morgan fingerprint density at radius 3 is 2.62 bits per heavy atom. The molecular formula is C13H12ClF2N3O2. The summed E-state index contributed by atoms with van der Waals surface area (Å²) in [6.45, 7) is -0.793. The first-order valence-corrected chi connectivity index (χ1v) is 6.52. The van der Waals surface area contributed by atoms with Crippen LogP contribution < -0.4 is 5.32 Å². The second kappa shape index (κ2) is 7.24. The Balaban J connectivity index is 1.96. The fourth-order valence-corrected chi connectivity index (χ4v) is 1.77. The molecule has 0 radical (unpaired) electrons. The first-order chi connectivity index (χ1) is 10.1. The number of carbonyl (C=O) groups excluding carboxylic acids is 1. The standard InChI is InChI=1S/C13H12ClF2N3O2/c14-12-13(18-9-4-2-1-3-8(9)17-12)19-11(20)5-6-21-7-10(15)16/h1-4,10H,5-7H2,(H,18,19,20). The van der Waals surface area contributed by atoms with E-state index < -0.39 is 18.9 Å². The van der Waals surface area contributed by atoms with Crippen LogP contribution in [0.2, 0.25) is 5.15 Å². The summed E-state index contributed by atoms with van der Waals surface area (Å²) < 4.78 is 28.3. The van der Waals surface area contributed by atoms with Gasteiger partial charge in [0, 0.05) is 0 Å². The summed E-state index contributed by atoms with van der Waals surface area (Å²) in [5.74, 6) is -0.301. The maximum absolute atomic E-state index is 11.8. The van der Waals surface area contributed by atoms with E-state index in [1.807, 2.05) is 0 Å². The lowest BCUT2D eigenvalue weighted by molar-refractivity contribution is -0.117. The van der Waals surface area contributed by atoms with E-state index >= 15 is 0 Å². The first-order valence-electron chi connectivity index (χ1n) is 6.14. The zero-order chi connectivity index (χ0) is 15.2. The molecule has 1 N–H and O–H groups in total. The van der Waals surface area contributed by atoms with Gasteiger partial charge in [0.2, 0.25) is 5.91 Å². The van der Waals surface area contributed by atoms with Crippen molar-refractivity contribution in [2.24, 2.45) is 0 Å². The van der Waals surface area contributed by atoms with Crippen molar-refractivity contribution in [3.05, 3.63) is 29.4 Å². The number of hydrogen-bond donors (Lipinski definition) is 1. The molecule has 1 aromatic heterocycles. The Morgan fingerprint density at radius 2 is 1.95 bits per heavy atom. The smallest absolute Gasteiger partial charge is 0.261 e. The molecule has 1 amide bonds. The van der Waals surface area contributed by atoms with Crippen molar-refractivity contribution >= 4 is 34.4 Å². The number of amides is 1. The third kappa shape index (κ3) is 4.57. The predicted molar refractivity (Wildman–Crippen MR) is 74.6 cm³/mol. The average Bonchev–Trinajstić information content (AvgIpc) is 2.44. The number of halogens is 3. The lowest BCUT2D eigenvalue weighted by Crippen LogP contribution is -2.17. The lowest BCUT2D eigenvalue weighted by atomic mass is 10.3. The van der Waals surface area contributed by atoms with Gasteiger partial charge in [0.1, 0.15) is 6.61 Å². The average molecular weight is 316 g/mol. The van der Waals surface area contributed by atoms with Crippen molar-refractivity contribution in [2.75, 3.05) is 18.5 Å². The monoisotopic (exact) mass is 315 g/mol. The molecule has 0 aliphatic heterocycles. The number of aromatic nitrogens is 2. The third-order valence-electron chi connectivity index (χ3n) is 2.50. The van der Waals surface area contributed by atoms with Crippen LogP contribution in [0.15, 0.2) is 24.3 Å². The predicted octanol–water partition coefficient (Wildman–Crippen LogP) is 2.89. The van der Waals surface area contributed by atoms with Gasteiger partial charge in [-0.3, -0.25) is 4.79 Å². The van der Waals surface area contributed by atoms with E-state index in [-0.39, 0.29) is 24.0 Å². The zero-order valence-electron chi connectivity index (χ0n) is 10.9. The molecule has 0 saturated heterocycles. The van der Waals surface area contributed by atoms with E-state index in [1.54, 1.807) is 24.3 Å². The van der Waals surface area contributed by atoms with E-state index in [9.17, 15) is 13.6 Å². The molecule has 2 aromatic rings. The number of hydrogen-bond acceptors (Lipinski definition) is 4. The van der Waals surface area contributed by atoms with E-state index in [2.05, 4.69) is 20.0 Å². The lowest BCUT2D eigenvalue weighted by Gasteiger charge is -2.07. The number of alkyl halides is 2. The molecule has 0 aliphatic carbocycles. The highest BCUT2D eigenvalue weighted by Crippen LogP contribution is 2.20. The normalized spacial score (nSPS) is 11.0. The molecule has 1 heterocycles. The zero-order valence-corrected chi connectivity index (χ0v) is 11.6. The largest absolute Gasteiger partial charge is 0.375 e. The third-order valence-corrected chi connectivity index (χ3v) is 2.77. The Morgan fingerprint density at radius 1 is 1.29 bits per heavy atom. The number of nitrogens with zero attached hydrogens (tertiary/aromatic N) is 2.